The summed E-state index contributed by atoms with van der Waals surface area (Å²) in [5.74, 6) is 0.930. The minimum atomic E-state index is -0.346. The summed E-state index contributed by atoms with van der Waals surface area (Å²) >= 11 is 0. The van der Waals surface area contributed by atoms with E-state index < -0.39 is 0 Å². The molecule has 0 fully saturated rings. The number of hydrogen-bond donors (Lipinski definition) is 1. The third kappa shape index (κ3) is 3.05. The van der Waals surface area contributed by atoms with Crippen molar-refractivity contribution < 1.29 is 9.26 Å². The van der Waals surface area contributed by atoms with Crippen LogP contribution in [0.1, 0.15) is 50.2 Å². The van der Waals surface area contributed by atoms with Gasteiger partial charge in [0.05, 0.1) is 6.04 Å². The Morgan fingerprint density at radius 2 is 1.85 bits per heavy atom. The van der Waals surface area contributed by atoms with Crippen LogP contribution in [-0.2, 0) is 4.74 Å². The predicted octanol–water partition coefficient (Wildman–Crippen LogP) is 2.85. The van der Waals surface area contributed by atoms with Gasteiger partial charge in [-0.15, -0.1) is 0 Å². The third-order valence-electron chi connectivity index (χ3n) is 3.23. The number of nitrogens with zero attached hydrogens (tertiary/aromatic N) is 2. The van der Waals surface area contributed by atoms with Gasteiger partial charge in [-0.1, -0.05) is 56.3 Å². The molecule has 0 aliphatic rings. The minimum Gasteiger partial charge on any atom is -0.369 e. The minimum absolute atomic E-state index is 0.140. The van der Waals surface area contributed by atoms with Crippen molar-refractivity contribution in [3.8, 4) is 0 Å². The van der Waals surface area contributed by atoms with Crippen LogP contribution in [0.3, 0.4) is 0 Å². The first-order valence-electron chi connectivity index (χ1n) is 6.60. The van der Waals surface area contributed by atoms with Crippen molar-refractivity contribution in [3.63, 3.8) is 0 Å². The van der Waals surface area contributed by atoms with Crippen LogP contribution in [0.5, 0.6) is 0 Å². The molecule has 0 aliphatic carbocycles. The van der Waals surface area contributed by atoms with Crippen molar-refractivity contribution >= 4 is 0 Å². The van der Waals surface area contributed by atoms with Gasteiger partial charge in [-0.05, 0) is 11.0 Å². The summed E-state index contributed by atoms with van der Waals surface area (Å²) in [5.41, 5.74) is 6.97. The molecule has 2 N–H and O–H groups in total. The Labute approximate surface area is 119 Å². The number of rotatable bonds is 4. The highest BCUT2D eigenvalue weighted by Crippen LogP contribution is 2.31. The Morgan fingerprint density at radius 1 is 1.20 bits per heavy atom. The van der Waals surface area contributed by atoms with Crippen molar-refractivity contribution in [1.82, 2.24) is 10.1 Å². The first-order valence-corrected chi connectivity index (χ1v) is 6.60. The van der Waals surface area contributed by atoms with Crippen LogP contribution >= 0.6 is 0 Å². The molecule has 5 nitrogen and oxygen atoms in total. The fraction of sp³-hybridized carbons (Fsp3) is 0.467. The van der Waals surface area contributed by atoms with Gasteiger partial charge < -0.3 is 15.0 Å². The molecule has 20 heavy (non-hydrogen) atoms. The smallest absolute Gasteiger partial charge is 0.244 e. The van der Waals surface area contributed by atoms with Crippen molar-refractivity contribution in [2.75, 3.05) is 7.11 Å². The molecule has 2 rings (SSSR count). The van der Waals surface area contributed by atoms with E-state index in [9.17, 15) is 0 Å². The Hall–Kier alpha value is -1.72. The van der Waals surface area contributed by atoms with Crippen molar-refractivity contribution in [2.24, 2.45) is 11.1 Å². The first kappa shape index (κ1) is 14.7. The average Bonchev–Trinajstić information content (AvgIpc) is 2.88. The molecule has 0 saturated carbocycles. The zero-order valence-corrected chi connectivity index (χ0v) is 12.3. The fourth-order valence-corrected chi connectivity index (χ4v) is 1.87. The van der Waals surface area contributed by atoms with Crippen molar-refractivity contribution in [3.05, 3.63) is 47.6 Å². The molecule has 108 valence electrons. The second-order valence-electron chi connectivity index (χ2n) is 5.86. The zero-order valence-electron chi connectivity index (χ0n) is 12.3. The van der Waals surface area contributed by atoms with E-state index >= 15 is 0 Å². The van der Waals surface area contributed by atoms with Gasteiger partial charge in [0.25, 0.3) is 0 Å². The van der Waals surface area contributed by atoms with Crippen LogP contribution in [0, 0.1) is 5.41 Å². The van der Waals surface area contributed by atoms with E-state index in [1.54, 1.807) is 7.11 Å². The third-order valence-corrected chi connectivity index (χ3v) is 3.23. The van der Waals surface area contributed by atoms with Gasteiger partial charge in [0, 0.05) is 7.11 Å². The monoisotopic (exact) mass is 275 g/mol. The molecule has 0 amide bonds. The summed E-state index contributed by atoms with van der Waals surface area (Å²) in [6, 6.07) is 9.47. The standard InChI is InChI=1S/C15H21N3O2/c1-15(2,3)12(16)14-17-13(18-20-14)11(19-4)10-8-6-5-7-9-10/h5-9,11-12H,16H2,1-4H3/t11?,12-/m0/s1. The molecule has 1 heterocycles. The molecule has 1 aromatic carbocycles. The summed E-state index contributed by atoms with van der Waals surface area (Å²) in [4.78, 5) is 4.40. The van der Waals surface area contributed by atoms with Crippen LogP contribution in [0.15, 0.2) is 34.9 Å². The summed E-state index contributed by atoms with van der Waals surface area (Å²) in [5, 5.41) is 4.01. The number of aromatic nitrogens is 2. The van der Waals surface area contributed by atoms with Gasteiger partial charge in [-0.2, -0.15) is 4.98 Å². The molecule has 0 aliphatic heterocycles. The molecule has 0 saturated heterocycles. The van der Waals surface area contributed by atoms with Gasteiger partial charge in [-0.25, -0.2) is 0 Å². The summed E-state index contributed by atoms with van der Waals surface area (Å²) in [7, 11) is 1.62. The number of nitrogens with two attached hydrogens (primary N) is 1. The maximum Gasteiger partial charge on any atom is 0.244 e. The number of methoxy groups -OCH3 is 1. The summed E-state index contributed by atoms with van der Waals surface area (Å²) in [6.07, 6.45) is -0.346. The van der Waals surface area contributed by atoms with Crippen molar-refractivity contribution in [1.29, 1.82) is 0 Å². The average molecular weight is 275 g/mol. The van der Waals surface area contributed by atoms with Gasteiger partial charge in [0.1, 0.15) is 6.10 Å². The van der Waals surface area contributed by atoms with Crippen LogP contribution in [0.4, 0.5) is 0 Å². The van der Waals surface area contributed by atoms with Crippen LogP contribution in [0.2, 0.25) is 0 Å². The Bertz CT molecular complexity index is 546. The van der Waals surface area contributed by atoms with Gasteiger partial charge in [0.2, 0.25) is 11.7 Å². The Morgan fingerprint density at radius 3 is 2.40 bits per heavy atom. The fourth-order valence-electron chi connectivity index (χ4n) is 1.87. The predicted molar refractivity (Wildman–Crippen MR) is 76.0 cm³/mol. The maximum atomic E-state index is 6.13. The second-order valence-corrected chi connectivity index (χ2v) is 5.86. The zero-order chi connectivity index (χ0) is 14.8. The maximum absolute atomic E-state index is 6.13. The van der Waals surface area contributed by atoms with Crippen LogP contribution < -0.4 is 5.73 Å². The van der Waals surface area contributed by atoms with E-state index in [2.05, 4.69) is 10.1 Å². The number of hydrogen-bond acceptors (Lipinski definition) is 5. The lowest BCUT2D eigenvalue weighted by Crippen LogP contribution is -2.26. The van der Waals surface area contributed by atoms with E-state index in [0.717, 1.165) is 5.56 Å². The molecule has 5 heteroatoms. The van der Waals surface area contributed by atoms with Gasteiger partial charge in [0.15, 0.2) is 0 Å². The molecule has 1 aromatic heterocycles. The lowest BCUT2D eigenvalue weighted by molar-refractivity contribution is 0.126. The molecular formula is C15H21N3O2. The molecule has 2 atom stereocenters. The number of ether oxygens (including phenoxy) is 1. The summed E-state index contributed by atoms with van der Waals surface area (Å²) in [6.45, 7) is 6.10. The lowest BCUT2D eigenvalue weighted by atomic mass is 9.87. The Kier molecular flexibility index (Phi) is 4.20. The highest BCUT2D eigenvalue weighted by molar-refractivity contribution is 5.22. The number of benzene rings is 1. The van der Waals surface area contributed by atoms with Crippen molar-refractivity contribution in [2.45, 2.75) is 32.9 Å². The first-order chi connectivity index (χ1) is 9.43. The van der Waals surface area contributed by atoms with Crippen LogP contribution in [0.25, 0.3) is 0 Å². The lowest BCUT2D eigenvalue weighted by Gasteiger charge is -2.23. The summed E-state index contributed by atoms with van der Waals surface area (Å²) < 4.78 is 10.8. The topological polar surface area (TPSA) is 74.2 Å². The Balaban J connectivity index is 2.27. The molecular weight excluding hydrogens is 254 g/mol. The molecule has 0 bridgehead atoms. The van der Waals surface area contributed by atoms with E-state index in [1.165, 1.54) is 0 Å². The SMILES string of the molecule is COC(c1ccccc1)c1noc([C@H](N)C(C)(C)C)n1. The van der Waals surface area contributed by atoms with Crippen LogP contribution in [-0.4, -0.2) is 17.3 Å². The highest BCUT2D eigenvalue weighted by atomic mass is 16.5. The molecule has 1 unspecified atom stereocenters. The largest absolute Gasteiger partial charge is 0.369 e. The molecule has 0 radical (unpaired) electrons. The van der Waals surface area contributed by atoms with Gasteiger partial charge >= 0.3 is 0 Å². The van der Waals surface area contributed by atoms with Gasteiger partial charge in [-0.3, -0.25) is 0 Å². The van der Waals surface area contributed by atoms with E-state index in [1.807, 2.05) is 51.1 Å². The second kappa shape index (κ2) is 5.73. The normalized spacial score (nSPS) is 15.1. The highest BCUT2D eigenvalue weighted by Gasteiger charge is 2.29. The van der Waals surface area contributed by atoms with E-state index in [0.29, 0.717) is 11.7 Å². The van der Waals surface area contributed by atoms with E-state index in [-0.39, 0.29) is 17.6 Å². The molecule has 2 aromatic rings. The molecule has 0 spiro atoms. The van der Waals surface area contributed by atoms with E-state index in [4.69, 9.17) is 15.0 Å². The quantitative estimate of drug-likeness (QED) is 0.928.